The number of benzene rings is 2. The topological polar surface area (TPSA) is 86.8 Å². The highest BCUT2D eigenvalue weighted by Gasteiger charge is 2.30. The molecule has 2 amide bonds. The Kier molecular flexibility index (Phi) is 11.4. The van der Waals surface area contributed by atoms with Crippen LogP contribution in [0.1, 0.15) is 63.1 Å². The fourth-order valence-electron chi connectivity index (χ4n) is 4.16. The van der Waals surface area contributed by atoms with Gasteiger partial charge in [0.1, 0.15) is 6.04 Å². The van der Waals surface area contributed by atoms with Gasteiger partial charge in [-0.25, -0.2) is 8.42 Å². The standard InChI is InChI=1S/C28H40ClN3O4S/c1-7-21(4)30-28(34)25(8-2)31(19-23-14-9-10-15-24(23)29)27(33)17-12-18-32(37(6,35)36)26-16-11-13-20(3)22(26)5/h9-11,13-16,21,25H,7-8,12,17-19H2,1-6H3,(H,30,34)/t21-,25-/m0/s1. The van der Waals surface area contributed by atoms with Gasteiger partial charge in [-0.3, -0.25) is 13.9 Å². The smallest absolute Gasteiger partial charge is 0.243 e. The first-order valence-electron chi connectivity index (χ1n) is 12.8. The number of hydrogen-bond acceptors (Lipinski definition) is 4. The number of amides is 2. The molecule has 2 aromatic rings. The van der Waals surface area contributed by atoms with Crippen molar-refractivity contribution in [1.82, 2.24) is 10.2 Å². The third-order valence-electron chi connectivity index (χ3n) is 6.68. The molecule has 9 heteroatoms. The minimum absolute atomic E-state index is 0.0142. The molecular formula is C28H40ClN3O4S. The van der Waals surface area contributed by atoms with Crippen LogP contribution in [-0.2, 0) is 26.2 Å². The number of nitrogens with zero attached hydrogens (tertiary/aromatic N) is 2. The summed E-state index contributed by atoms with van der Waals surface area (Å²) < 4.78 is 26.6. The van der Waals surface area contributed by atoms with E-state index in [1.54, 1.807) is 17.0 Å². The highest BCUT2D eigenvalue weighted by atomic mass is 35.5. The Labute approximate surface area is 227 Å². The summed E-state index contributed by atoms with van der Waals surface area (Å²) in [6.45, 7) is 9.97. The van der Waals surface area contributed by atoms with Crippen LogP contribution in [0.4, 0.5) is 5.69 Å². The lowest BCUT2D eigenvalue weighted by atomic mass is 10.1. The Morgan fingerprint density at radius 3 is 2.30 bits per heavy atom. The lowest BCUT2D eigenvalue weighted by Gasteiger charge is -2.32. The molecule has 0 fully saturated rings. The van der Waals surface area contributed by atoms with Crippen LogP contribution in [0.2, 0.25) is 5.02 Å². The Morgan fingerprint density at radius 1 is 1.03 bits per heavy atom. The van der Waals surface area contributed by atoms with Gasteiger partial charge in [-0.2, -0.15) is 0 Å². The molecule has 0 saturated heterocycles. The van der Waals surface area contributed by atoms with Gasteiger partial charge in [0.25, 0.3) is 0 Å². The molecule has 0 spiro atoms. The summed E-state index contributed by atoms with van der Waals surface area (Å²) >= 11 is 6.39. The van der Waals surface area contributed by atoms with Crippen LogP contribution in [-0.4, -0.2) is 50.0 Å². The van der Waals surface area contributed by atoms with E-state index < -0.39 is 16.1 Å². The summed E-state index contributed by atoms with van der Waals surface area (Å²) in [4.78, 5) is 28.2. The molecule has 0 saturated carbocycles. The van der Waals surface area contributed by atoms with E-state index in [1.807, 2.05) is 65.0 Å². The highest BCUT2D eigenvalue weighted by Crippen LogP contribution is 2.26. The lowest BCUT2D eigenvalue weighted by molar-refractivity contribution is -0.141. The zero-order valence-electron chi connectivity index (χ0n) is 22.8. The first kappa shape index (κ1) is 30.6. The predicted octanol–water partition coefficient (Wildman–Crippen LogP) is 5.23. The molecule has 204 valence electrons. The Balaban J connectivity index is 2.27. The molecule has 0 aliphatic heterocycles. The molecule has 2 atom stereocenters. The number of rotatable bonds is 13. The van der Waals surface area contributed by atoms with Crippen molar-refractivity contribution in [2.45, 2.75) is 78.9 Å². The van der Waals surface area contributed by atoms with Crippen molar-refractivity contribution in [3.05, 3.63) is 64.2 Å². The first-order chi connectivity index (χ1) is 17.4. The van der Waals surface area contributed by atoms with E-state index in [0.717, 1.165) is 23.1 Å². The van der Waals surface area contributed by atoms with Crippen molar-refractivity contribution in [2.75, 3.05) is 17.1 Å². The number of carbonyl (C=O) groups excluding carboxylic acids is 2. The molecule has 7 nitrogen and oxygen atoms in total. The number of hydrogen-bond donors (Lipinski definition) is 1. The number of halogens is 1. The average molecular weight is 550 g/mol. The van der Waals surface area contributed by atoms with E-state index in [1.165, 1.54) is 10.6 Å². The molecule has 0 heterocycles. The zero-order chi connectivity index (χ0) is 27.8. The van der Waals surface area contributed by atoms with Crippen LogP contribution in [0.3, 0.4) is 0 Å². The molecular weight excluding hydrogens is 510 g/mol. The summed E-state index contributed by atoms with van der Waals surface area (Å²) in [6.07, 6.45) is 2.79. The summed E-state index contributed by atoms with van der Waals surface area (Å²) in [6, 6.07) is 12.1. The maximum absolute atomic E-state index is 13.5. The van der Waals surface area contributed by atoms with Gasteiger partial charge in [0.05, 0.1) is 11.9 Å². The Bertz CT molecular complexity index is 1190. The number of anilines is 1. The van der Waals surface area contributed by atoms with E-state index in [2.05, 4.69) is 5.32 Å². The van der Waals surface area contributed by atoms with Crippen molar-refractivity contribution in [3.63, 3.8) is 0 Å². The van der Waals surface area contributed by atoms with Crippen LogP contribution in [0, 0.1) is 13.8 Å². The van der Waals surface area contributed by atoms with Gasteiger partial charge >= 0.3 is 0 Å². The number of carbonyl (C=O) groups is 2. The van der Waals surface area contributed by atoms with Gasteiger partial charge in [-0.05, 0) is 68.9 Å². The van der Waals surface area contributed by atoms with Gasteiger partial charge in [0.2, 0.25) is 21.8 Å². The Hall–Kier alpha value is -2.58. The molecule has 0 aromatic heterocycles. The molecule has 0 bridgehead atoms. The third-order valence-corrected chi connectivity index (χ3v) is 8.23. The van der Waals surface area contributed by atoms with Crippen molar-refractivity contribution >= 4 is 39.1 Å². The van der Waals surface area contributed by atoms with Crippen LogP contribution in [0.25, 0.3) is 0 Å². The number of nitrogens with one attached hydrogen (secondary N) is 1. The van der Waals surface area contributed by atoms with Crippen LogP contribution in [0.15, 0.2) is 42.5 Å². The lowest BCUT2D eigenvalue weighted by Crippen LogP contribution is -2.50. The normalized spacial score (nSPS) is 13.1. The molecule has 0 aliphatic rings. The second-order valence-electron chi connectivity index (χ2n) is 9.51. The van der Waals surface area contributed by atoms with Crippen LogP contribution >= 0.6 is 11.6 Å². The van der Waals surface area contributed by atoms with E-state index in [-0.39, 0.29) is 37.4 Å². The maximum Gasteiger partial charge on any atom is 0.243 e. The van der Waals surface area contributed by atoms with E-state index >= 15 is 0 Å². The van der Waals surface area contributed by atoms with Crippen molar-refractivity contribution in [1.29, 1.82) is 0 Å². The third kappa shape index (κ3) is 8.47. The SMILES string of the molecule is CC[C@H](C)NC(=O)[C@H](CC)N(Cc1ccccc1Cl)C(=O)CCCN(c1cccc(C)c1C)S(C)(=O)=O. The second-order valence-corrected chi connectivity index (χ2v) is 11.8. The van der Waals surface area contributed by atoms with Gasteiger partial charge in [0, 0.05) is 30.6 Å². The second kappa shape index (κ2) is 13.8. The fraction of sp³-hybridized carbons (Fsp3) is 0.500. The maximum atomic E-state index is 13.5. The highest BCUT2D eigenvalue weighted by molar-refractivity contribution is 7.92. The molecule has 2 aromatic carbocycles. The Morgan fingerprint density at radius 2 is 1.70 bits per heavy atom. The van der Waals surface area contributed by atoms with Crippen LogP contribution in [0.5, 0.6) is 0 Å². The van der Waals surface area contributed by atoms with E-state index in [0.29, 0.717) is 23.6 Å². The van der Waals surface area contributed by atoms with Gasteiger partial charge < -0.3 is 10.2 Å². The molecule has 2 rings (SSSR count). The molecule has 0 radical (unpaired) electrons. The molecule has 0 unspecified atom stereocenters. The average Bonchev–Trinajstić information content (AvgIpc) is 2.84. The number of aryl methyl sites for hydroxylation is 1. The molecule has 37 heavy (non-hydrogen) atoms. The van der Waals surface area contributed by atoms with Gasteiger partial charge in [0.15, 0.2) is 0 Å². The van der Waals surface area contributed by atoms with Crippen LogP contribution < -0.4 is 9.62 Å². The fourth-order valence-corrected chi connectivity index (χ4v) is 5.37. The minimum Gasteiger partial charge on any atom is -0.352 e. The van der Waals surface area contributed by atoms with Crippen molar-refractivity contribution in [3.8, 4) is 0 Å². The van der Waals surface area contributed by atoms with Crippen molar-refractivity contribution in [2.24, 2.45) is 0 Å². The quantitative estimate of drug-likeness (QED) is 0.371. The molecule has 0 aliphatic carbocycles. The monoisotopic (exact) mass is 549 g/mol. The largest absolute Gasteiger partial charge is 0.352 e. The number of sulfonamides is 1. The van der Waals surface area contributed by atoms with E-state index in [9.17, 15) is 18.0 Å². The van der Waals surface area contributed by atoms with Gasteiger partial charge in [-0.15, -0.1) is 0 Å². The summed E-state index contributed by atoms with van der Waals surface area (Å²) in [7, 11) is -3.55. The van der Waals surface area contributed by atoms with Crippen molar-refractivity contribution < 1.29 is 18.0 Å². The van der Waals surface area contributed by atoms with E-state index in [4.69, 9.17) is 11.6 Å². The summed E-state index contributed by atoms with van der Waals surface area (Å²) in [5, 5.41) is 3.51. The molecule has 1 N–H and O–H groups in total. The summed E-state index contributed by atoms with van der Waals surface area (Å²) in [5.74, 6) is -0.425. The predicted molar refractivity (Wildman–Crippen MR) is 151 cm³/mol. The summed E-state index contributed by atoms with van der Waals surface area (Å²) in [5.41, 5.74) is 3.24. The first-order valence-corrected chi connectivity index (χ1v) is 15.0. The zero-order valence-corrected chi connectivity index (χ0v) is 24.3. The minimum atomic E-state index is -3.55. The van der Waals surface area contributed by atoms with Gasteiger partial charge in [-0.1, -0.05) is 55.8 Å².